The molecule has 112 valence electrons. The topological polar surface area (TPSA) is 50.2 Å². The number of halogens is 1. The molecular weight excluding hydrogens is 271 g/mol. The summed E-state index contributed by atoms with van der Waals surface area (Å²) >= 11 is 0. The van der Waals surface area contributed by atoms with Crippen molar-refractivity contribution in [3.63, 3.8) is 0 Å². The molecule has 5 nitrogen and oxygen atoms in total. The number of aromatic nitrogens is 2. The highest BCUT2D eigenvalue weighted by Crippen LogP contribution is 2.12. The van der Waals surface area contributed by atoms with Crippen molar-refractivity contribution >= 4 is 11.6 Å². The Bertz CT molecular complexity index is 638. The molecule has 0 bridgehead atoms. The summed E-state index contributed by atoms with van der Waals surface area (Å²) < 4.78 is 15.2. The van der Waals surface area contributed by atoms with Gasteiger partial charge in [0.25, 0.3) is 0 Å². The van der Waals surface area contributed by atoms with Gasteiger partial charge >= 0.3 is 0 Å². The van der Waals surface area contributed by atoms with E-state index in [0.717, 1.165) is 11.3 Å². The molecule has 1 N–H and O–H groups in total. The van der Waals surface area contributed by atoms with Crippen LogP contribution in [0.4, 0.5) is 10.1 Å². The lowest BCUT2D eigenvalue weighted by Crippen LogP contribution is -2.30. The first-order chi connectivity index (χ1) is 9.97. The first-order valence-electron chi connectivity index (χ1n) is 6.67. The van der Waals surface area contributed by atoms with E-state index >= 15 is 0 Å². The minimum Gasteiger partial charge on any atom is -0.322 e. The summed E-state index contributed by atoms with van der Waals surface area (Å²) in [7, 11) is 3.72. The minimum absolute atomic E-state index is 0.183. The van der Waals surface area contributed by atoms with Crippen molar-refractivity contribution in [1.29, 1.82) is 0 Å². The van der Waals surface area contributed by atoms with Crippen LogP contribution in [0.2, 0.25) is 0 Å². The van der Waals surface area contributed by atoms with E-state index in [1.165, 1.54) is 6.07 Å². The standard InChI is InChI=1S/C15H19FN4O/c1-11-12(8-17-20(11)3)9-19(2)10-15(21)18-14-7-5-4-6-13(14)16/h4-8H,9-10H2,1-3H3,(H,18,21). The number of carbonyl (C=O) groups is 1. The van der Waals surface area contributed by atoms with Crippen molar-refractivity contribution in [2.45, 2.75) is 13.5 Å². The van der Waals surface area contributed by atoms with Gasteiger partial charge in [0, 0.05) is 24.8 Å². The summed E-state index contributed by atoms with van der Waals surface area (Å²) in [6.07, 6.45) is 1.79. The maximum atomic E-state index is 13.5. The lowest BCUT2D eigenvalue weighted by molar-refractivity contribution is -0.117. The summed E-state index contributed by atoms with van der Waals surface area (Å²) in [5.74, 6) is -0.680. The largest absolute Gasteiger partial charge is 0.322 e. The summed E-state index contributed by atoms with van der Waals surface area (Å²) in [5, 5.41) is 6.74. The van der Waals surface area contributed by atoms with E-state index in [4.69, 9.17) is 0 Å². The second-order valence-corrected chi connectivity index (χ2v) is 5.08. The number of hydrogen-bond donors (Lipinski definition) is 1. The Kier molecular flexibility index (Phi) is 4.70. The van der Waals surface area contributed by atoms with Gasteiger partial charge in [-0.05, 0) is 26.1 Å². The highest BCUT2D eigenvalue weighted by atomic mass is 19.1. The van der Waals surface area contributed by atoms with Gasteiger partial charge in [-0.3, -0.25) is 14.4 Å². The maximum Gasteiger partial charge on any atom is 0.238 e. The normalized spacial score (nSPS) is 10.9. The number of aryl methyl sites for hydroxylation is 1. The van der Waals surface area contributed by atoms with Crippen molar-refractivity contribution in [3.8, 4) is 0 Å². The van der Waals surface area contributed by atoms with Crippen LogP contribution in [0.1, 0.15) is 11.3 Å². The summed E-state index contributed by atoms with van der Waals surface area (Å²) in [5.41, 5.74) is 2.34. The molecule has 1 aromatic heterocycles. The fourth-order valence-electron chi connectivity index (χ4n) is 2.04. The zero-order chi connectivity index (χ0) is 15.4. The van der Waals surface area contributed by atoms with Crippen LogP contribution in [0.15, 0.2) is 30.5 Å². The number of para-hydroxylation sites is 1. The highest BCUT2D eigenvalue weighted by Gasteiger charge is 2.12. The van der Waals surface area contributed by atoms with E-state index in [-0.39, 0.29) is 18.1 Å². The smallest absolute Gasteiger partial charge is 0.238 e. The number of benzene rings is 1. The van der Waals surface area contributed by atoms with Crippen LogP contribution < -0.4 is 5.32 Å². The van der Waals surface area contributed by atoms with Gasteiger partial charge in [0.1, 0.15) is 5.82 Å². The number of amides is 1. The fraction of sp³-hybridized carbons (Fsp3) is 0.333. The molecule has 0 radical (unpaired) electrons. The Morgan fingerprint density at radius 3 is 2.76 bits per heavy atom. The molecule has 6 heteroatoms. The maximum absolute atomic E-state index is 13.5. The van der Waals surface area contributed by atoms with E-state index in [0.29, 0.717) is 6.54 Å². The van der Waals surface area contributed by atoms with Crippen LogP contribution in [0.3, 0.4) is 0 Å². The molecule has 0 atom stereocenters. The molecule has 0 spiro atoms. The van der Waals surface area contributed by atoms with Crippen molar-refractivity contribution in [3.05, 3.63) is 47.5 Å². The lowest BCUT2D eigenvalue weighted by Gasteiger charge is -2.16. The Labute approximate surface area is 123 Å². The van der Waals surface area contributed by atoms with Crippen molar-refractivity contribution in [2.24, 2.45) is 7.05 Å². The highest BCUT2D eigenvalue weighted by molar-refractivity contribution is 5.92. The number of carbonyl (C=O) groups excluding carboxylic acids is 1. The van der Waals surface area contributed by atoms with E-state index < -0.39 is 5.82 Å². The number of likely N-dealkylation sites (N-methyl/N-ethyl adjacent to an activating group) is 1. The third-order valence-corrected chi connectivity index (χ3v) is 3.34. The van der Waals surface area contributed by atoms with Gasteiger partial charge < -0.3 is 5.32 Å². The van der Waals surface area contributed by atoms with Gasteiger partial charge in [-0.15, -0.1) is 0 Å². The van der Waals surface area contributed by atoms with Crippen LogP contribution in [0.25, 0.3) is 0 Å². The van der Waals surface area contributed by atoms with Crippen LogP contribution in [0.5, 0.6) is 0 Å². The molecule has 1 amide bonds. The molecule has 2 aromatic rings. The van der Waals surface area contributed by atoms with Gasteiger partial charge in [0.05, 0.1) is 18.4 Å². The lowest BCUT2D eigenvalue weighted by atomic mass is 10.2. The van der Waals surface area contributed by atoms with Crippen LogP contribution in [0, 0.1) is 12.7 Å². The van der Waals surface area contributed by atoms with Gasteiger partial charge in [0.15, 0.2) is 0 Å². The van der Waals surface area contributed by atoms with Gasteiger partial charge in [-0.1, -0.05) is 12.1 Å². The minimum atomic E-state index is -0.434. The number of anilines is 1. The van der Waals surface area contributed by atoms with E-state index in [2.05, 4.69) is 10.4 Å². The first kappa shape index (κ1) is 15.2. The second kappa shape index (κ2) is 6.49. The second-order valence-electron chi connectivity index (χ2n) is 5.08. The summed E-state index contributed by atoms with van der Waals surface area (Å²) in [6.45, 7) is 2.78. The zero-order valence-corrected chi connectivity index (χ0v) is 12.4. The monoisotopic (exact) mass is 290 g/mol. The predicted molar refractivity (Wildman–Crippen MR) is 79.3 cm³/mol. The van der Waals surface area contributed by atoms with Gasteiger partial charge in [-0.25, -0.2) is 4.39 Å². The van der Waals surface area contributed by atoms with Crippen molar-refractivity contribution in [2.75, 3.05) is 18.9 Å². The van der Waals surface area contributed by atoms with Crippen molar-refractivity contribution < 1.29 is 9.18 Å². The Balaban J connectivity index is 1.91. The van der Waals surface area contributed by atoms with E-state index in [1.807, 2.05) is 25.9 Å². The molecule has 1 aromatic carbocycles. The fourth-order valence-corrected chi connectivity index (χ4v) is 2.04. The quantitative estimate of drug-likeness (QED) is 0.915. The average Bonchev–Trinajstić information content (AvgIpc) is 2.73. The number of hydrogen-bond acceptors (Lipinski definition) is 3. The van der Waals surface area contributed by atoms with Crippen LogP contribution >= 0.6 is 0 Å². The molecular formula is C15H19FN4O. The molecule has 0 fully saturated rings. The Morgan fingerprint density at radius 1 is 1.43 bits per heavy atom. The zero-order valence-electron chi connectivity index (χ0n) is 12.4. The SMILES string of the molecule is Cc1c(CN(C)CC(=O)Nc2ccccc2F)cnn1C. The van der Waals surface area contributed by atoms with Crippen LogP contribution in [-0.4, -0.2) is 34.2 Å². The molecule has 0 saturated carbocycles. The summed E-state index contributed by atoms with van der Waals surface area (Å²) in [4.78, 5) is 13.8. The molecule has 0 aliphatic carbocycles. The summed E-state index contributed by atoms with van der Waals surface area (Å²) in [6, 6.07) is 6.13. The van der Waals surface area contributed by atoms with E-state index in [1.54, 1.807) is 29.1 Å². The third-order valence-electron chi connectivity index (χ3n) is 3.34. The molecule has 2 rings (SSSR count). The average molecular weight is 290 g/mol. The predicted octanol–water partition coefficient (Wildman–Crippen LogP) is 1.94. The first-order valence-corrected chi connectivity index (χ1v) is 6.67. The number of rotatable bonds is 5. The molecule has 0 saturated heterocycles. The third kappa shape index (κ3) is 3.88. The van der Waals surface area contributed by atoms with E-state index in [9.17, 15) is 9.18 Å². The van der Waals surface area contributed by atoms with Gasteiger partial charge in [0.2, 0.25) is 5.91 Å². The molecule has 0 aliphatic rings. The number of nitrogens with one attached hydrogen (secondary N) is 1. The number of nitrogens with zero attached hydrogens (tertiary/aromatic N) is 3. The molecule has 0 unspecified atom stereocenters. The van der Waals surface area contributed by atoms with Gasteiger partial charge in [-0.2, -0.15) is 5.10 Å². The van der Waals surface area contributed by atoms with Crippen molar-refractivity contribution in [1.82, 2.24) is 14.7 Å². The molecule has 21 heavy (non-hydrogen) atoms. The Morgan fingerprint density at radius 2 is 2.14 bits per heavy atom. The molecule has 1 heterocycles. The van der Waals surface area contributed by atoms with Crippen LogP contribution in [-0.2, 0) is 18.4 Å². The Hall–Kier alpha value is -2.21. The molecule has 0 aliphatic heterocycles.